The number of thiocarbonyl (C=S) groups is 1. The topological polar surface area (TPSA) is 67.2 Å². The lowest BCUT2D eigenvalue weighted by molar-refractivity contribution is 0.0948. The molecule has 0 aromatic carbocycles. The van der Waals surface area contributed by atoms with Gasteiger partial charge in [-0.05, 0) is 30.1 Å². The van der Waals surface area contributed by atoms with Crippen molar-refractivity contribution in [3.05, 3.63) is 20.8 Å². The van der Waals surface area contributed by atoms with Crippen LogP contribution in [0, 0.1) is 6.92 Å². The van der Waals surface area contributed by atoms with Crippen LogP contribution in [0.4, 0.5) is 0 Å². The molecule has 0 aliphatic rings. The van der Waals surface area contributed by atoms with Crippen molar-refractivity contribution in [1.82, 2.24) is 10.9 Å². The van der Waals surface area contributed by atoms with Gasteiger partial charge in [-0.3, -0.25) is 15.6 Å². The summed E-state index contributed by atoms with van der Waals surface area (Å²) in [7, 11) is 0. The smallest absolute Gasteiger partial charge is 0.281 e. The Morgan fingerprint density at radius 2 is 2.29 bits per heavy atom. The van der Waals surface area contributed by atoms with Gasteiger partial charge in [-0.1, -0.05) is 11.6 Å². The van der Waals surface area contributed by atoms with Crippen LogP contribution in [0.25, 0.3) is 0 Å². The normalized spacial score (nSPS) is 9.57. The van der Waals surface area contributed by atoms with Crippen molar-refractivity contribution >= 4 is 46.2 Å². The van der Waals surface area contributed by atoms with E-state index in [1.165, 1.54) is 11.3 Å². The first-order chi connectivity index (χ1) is 6.52. The molecular weight excluding hydrogens is 242 g/mol. The molecule has 0 atom stereocenters. The minimum absolute atomic E-state index is 0.00255. The van der Waals surface area contributed by atoms with Gasteiger partial charge in [0.15, 0.2) is 5.11 Å². The van der Waals surface area contributed by atoms with Gasteiger partial charge in [-0.15, -0.1) is 11.3 Å². The Balaban J connectivity index is 2.70. The van der Waals surface area contributed by atoms with Crippen LogP contribution < -0.4 is 16.6 Å². The van der Waals surface area contributed by atoms with Crippen molar-refractivity contribution in [1.29, 1.82) is 0 Å². The van der Waals surface area contributed by atoms with Gasteiger partial charge in [0.2, 0.25) is 0 Å². The zero-order chi connectivity index (χ0) is 10.7. The predicted octanol–water partition coefficient (Wildman–Crippen LogP) is 1.19. The first-order valence-electron chi connectivity index (χ1n) is 3.61. The Morgan fingerprint density at radius 3 is 2.71 bits per heavy atom. The first-order valence-corrected chi connectivity index (χ1v) is 5.28. The highest BCUT2D eigenvalue weighted by molar-refractivity contribution is 7.80. The summed E-state index contributed by atoms with van der Waals surface area (Å²) in [5.41, 5.74) is 10.7. The highest BCUT2D eigenvalue weighted by Crippen LogP contribution is 2.26. The number of halogens is 1. The number of carbonyl (C=O) groups excluding carboxylic acids is 1. The first kappa shape index (κ1) is 11.2. The summed E-state index contributed by atoms with van der Waals surface area (Å²) in [6.45, 7) is 1.83. The largest absolute Gasteiger partial charge is 0.375 e. The molecule has 0 radical (unpaired) electrons. The Morgan fingerprint density at radius 1 is 1.64 bits per heavy atom. The summed E-state index contributed by atoms with van der Waals surface area (Å²) in [6, 6.07) is 0. The summed E-state index contributed by atoms with van der Waals surface area (Å²) >= 11 is 11.7. The van der Waals surface area contributed by atoms with Gasteiger partial charge in [0.05, 0.1) is 5.02 Å². The van der Waals surface area contributed by atoms with Crippen molar-refractivity contribution in [3.63, 3.8) is 0 Å². The Bertz CT molecular complexity index is 377. The molecule has 0 unspecified atom stereocenters. The van der Waals surface area contributed by atoms with Crippen molar-refractivity contribution in [2.24, 2.45) is 5.73 Å². The Hall–Kier alpha value is -0.850. The van der Waals surface area contributed by atoms with Crippen LogP contribution in [0.5, 0.6) is 0 Å². The van der Waals surface area contributed by atoms with Crippen molar-refractivity contribution in [2.45, 2.75) is 6.92 Å². The monoisotopic (exact) mass is 249 g/mol. The molecule has 1 heterocycles. The highest BCUT2D eigenvalue weighted by Gasteiger charge is 2.13. The van der Waals surface area contributed by atoms with E-state index >= 15 is 0 Å². The second-order valence-corrected chi connectivity index (χ2v) is 4.20. The molecule has 1 aromatic rings. The van der Waals surface area contributed by atoms with Gasteiger partial charge < -0.3 is 5.73 Å². The van der Waals surface area contributed by atoms with Crippen LogP contribution in [0.1, 0.15) is 15.2 Å². The summed E-state index contributed by atoms with van der Waals surface area (Å²) in [5, 5.41) is 2.26. The molecule has 1 amide bonds. The number of rotatable bonds is 1. The van der Waals surface area contributed by atoms with Crippen LogP contribution in [-0.4, -0.2) is 11.0 Å². The average molecular weight is 250 g/mol. The number of aryl methyl sites for hydroxylation is 1. The maximum Gasteiger partial charge on any atom is 0.281 e. The van der Waals surface area contributed by atoms with E-state index in [1.54, 1.807) is 5.38 Å². The van der Waals surface area contributed by atoms with E-state index < -0.39 is 0 Å². The molecule has 0 saturated carbocycles. The molecule has 0 fully saturated rings. The maximum atomic E-state index is 11.4. The second kappa shape index (κ2) is 4.59. The second-order valence-electron chi connectivity index (χ2n) is 2.51. The van der Waals surface area contributed by atoms with E-state index in [0.29, 0.717) is 9.90 Å². The summed E-state index contributed by atoms with van der Waals surface area (Å²) in [6.07, 6.45) is 0. The third-order valence-electron chi connectivity index (χ3n) is 1.40. The lowest BCUT2D eigenvalue weighted by Gasteiger charge is -2.04. The fourth-order valence-electron chi connectivity index (χ4n) is 0.758. The average Bonchev–Trinajstić information content (AvgIpc) is 2.44. The summed E-state index contributed by atoms with van der Waals surface area (Å²) < 4.78 is 0. The number of hydrogen-bond donors (Lipinski definition) is 3. The van der Waals surface area contributed by atoms with E-state index in [4.69, 9.17) is 17.3 Å². The van der Waals surface area contributed by atoms with E-state index in [2.05, 4.69) is 23.1 Å². The van der Waals surface area contributed by atoms with E-state index in [1.807, 2.05) is 6.92 Å². The van der Waals surface area contributed by atoms with E-state index in [0.717, 1.165) is 5.56 Å². The van der Waals surface area contributed by atoms with Crippen molar-refractivity contribution < 1.29 is 4.79 Å². The molecule has 4 N–H and O–H groups in total. The Kier molecular flexibility index (Phi) is 3.68. The molecule has 76 valence electrons. The number of thiophene rings is 1. The molecule has 0 aliphatic carbocycles. The van der Waals surface area contributed by atoms with Gasteiger partial charge >= 0.3 is 0 Å². The summed E-state index contributed by atoms with van der Waals surface area (Å²) in [5.74, 6) is -0.346. The number of nitrogens with one attached hydrogen (secondary N) is 2. The molecule has 7 heteroatoms. The molecular formula is C7H8ClN3OS2. The third kappa shape index (κ3) is 2.57. The molecule has 4 nitrogen and oxygen atoms in total. The minimum Gasteiger partial charge on any atom is -0.375 e. The standard InChI is InChI=1S/C7H8ClN3OS2/c1-3-2-14-5(4(3)8)6(12)10-11-7(9)13/h2H,1H3,(H,10,12)(H3,9,11,13). The van der Waals surface area contributed by atoms with Gasteiger partial charge in [-0.25, -0.2) is 0 Å². The van der Waals surface area contributed by atoms with Crippen LogP contribution in [0.2, 0.25) is 5.02 Å². The maximum absolute atomic E-state index is 11.4. The predicted molar refractivity (Wildman–Crippen MR) is 61.5 cm³/mol. The van der Waals surface area contributed by atoms with Gasteiger partial charge in [0.25, 0.3) is 5.91 Å². The molecule has 0 saturated heterocycles. The zero-order valence-corrected chi connectivity index (χ0v) is 9.65. The molecule has 0 spiro atoms. The number of amides is 1. The molecule has 14 heavy (non-hydrogen) atoms. The van der Waals surface area contributed by atoms with Gasteiger partial charge in [0, 0.05) is 0 Å². The van der Waals surface area contributed by atoms with Crippen LogP contribution in [0.3, 0.4) is 0 Å². The molecule has 1 aromatic heterocycles. The number of nitrogens with two attached hydrogens (primary N) is 1. The molecule has 0 aliphatic heterocycles. The van der Waals surface area contributed by atoms with Crippen molar-refractivity contribution in [3.8, 4) is 0 Å². The lowest BCUT2D eigenvalue weighted by atomic mass is 10.3. The van der Waals surface area contributed by atoms with Crippen molar-refractivity contribution in [2.75, 3.05) is 0 Å². The van der Waals surface area contributed by atoms with Crippen LogP contribution in [0.15, 0.2) is 5.38 Å². The van der Waals surface area contributed by atoms with E-state index in [-0.39, 0.29) is 11.0 Å². The SMILES string of the molecule is Cc1csc(C(=O)NNC(N)=S)c1Cl. The Labute approximate surface area is 95.4 Å². The van der Waals surface area contributed by atoms with Gasteiger partial charge in [-0.2, -0.15) is 0 Å². The molecule has 0 bridgehead atoms. The number of hydrazine groups is 1. The lowest BCUT2D eigenvalue weighted by Crippen LogP contribution is -2.44. The van der Waals surface area contributed by atoms with Gasteiger partial charge in [0.1, 0.15) is 4.88 Å². The zero-order valence-electron chi connectivity index (χ0n) is 7.26. The fourth-order valence-corrected chi connectivity index (χ4v) is 1.98. The van der Waals surface area contributed by atoms with Crippen LogP contribution >= 0.6 is 35.2 Å². The fraction of sp³-hybridized carbons (Fsp3) is 0.143. The summed E-state index contributed by atoms with van der Waals surface area (Å²) in [4.78, 5) is 11.9. The minimum atomic E-state index is -0.346. The van der Waals surface area contributed by atoms with Crippen LogP contribution in [-0.2, 0) is 0 Å². The molecule has 1 rings (SSSR count). The van der Waals surface area contributed by atoms with E-state index in [9.17, 15) is 4.79 Å². The number of hydrogen-bond acceptors (Lipinski definition) is 3. The number of carbonyl (C=O) groups is 1. The third-order valence-corrected chi connectivity index (χ3v) is 3.20. The highest BCUT2D eigenvalue weighted by atomic mass is 35.5. The quantitative estimate of drug-likeness (QED) is 0.517.